The Morgan fingerprint density at radius 1 is 1.29 bits per heavy atom. The topological polar surface area (TPSA) is 136 Å². The van der Waals surface area contributed by atoms with Crippen LogP contribution in [0, 0.1) is 10.1 Å². The Balaban J connectivity index is 2.29. The van der Waals surface area contributed by atoms with Crippen LogP contribution >= 0.6 is 0 Å². The number of esters is 1. The zero-order chi connectivity index (χ0) is 20.6. The van der Waals surface area contributed by atoms with E-state index in [1.54, 1.807) is 26.8 Å². The average Bonchev–Trinajstić information content (AvgIpc) is 2.59. The summed E-state index contributed by atoms with van der Waals surface area (Å²) < 4.78 is 6.48. The fraction of sp³-hybridized carbons (Fsp3) is 0.278. The van der Waals surface area contributed by atoms with Crippen LogP contribution in [0.4, 0.5) is 11.5 Å². The van der Waals surface area contributed by atoms with Gasteiger partial charge in [0.05, 0.1) is 22.6 Å². The maximum absolute atomic E-state index is 12.8. The fourth-order valence-corrected chi connectivity index (χ4v) is 3.12. The lowest BCUT2D eigenvalue weighted by molar-refractivity contribution is -0.384. The minimum absolute atomic E-state index is 0.121. The third-order valence-corrected chi connectivity index (χ3v) is 4.19. The van der Waals surface area contributed by atoms with Gasteiger partial charge in [-0.25, -0.2) is 9.59 Å². The third-order valence-electron chi connectivity index (χ3n) is 4.19. The van der Waals surface area contributed by atoms with Crippen molar-refractivity contribution in [3.63, 3.8) is 0 Å². The Morgan fingerprint density at radius 2 is 2.00 bits per heavy atom. The molecule has 0 amide bonds. The molecule has 10 heteroatoms. The first-order valence-corrected chi connectivity index (χ1v) is 8.48. The number of carbonyl (C=O) groups is 1. The maximum Gasteiger partial charge on any atom is 0.338 e. The number of non-ortho nitro benzene ring substituents is 1. The van der Waals surface area contributed by atoms with E-state index in [4.69, 9.17) is 4.74 Å². The van der Waals surface area contributed by atoms with Gasteiger partial charge in [-0.15, -0.1) is 0 Å². The van der Waals surface area contributed by atoms with Crippen molar-refractivity contribution < 1.29 is 14.5 Å². The summed E-state index contributed by atoms with van der Waals surface area (Å²) in [4.78, 5) is 49.8. The number of allylic oxidation sites excluding steroid dienone is 1. The van der Waals surface area contributed by atoms with Crippen molar-refractivity contribution in [3.05, 3.63) is 78.1 Å². The number of hydrogen-bond acceptors (Lipinski definition) is 7. The van der Waals surface area contributed by atoms with Gasteiger partial charge >= 0.3 is 11.7 Å². The van der Waals surface area contributed by atoms with Crippen molar-refractivity contribution in [2.45, 2.75) is 32.9 Å². The van der Waals surface area contributed by atoms with Crippen LogP contribution in [-0.4, -0.2) is 26.5 Å². The van der Waals surface area contributed by atoms with Crippen LogP contribution in [0.15, 0.2) is 51.2 Å². The molecule has 1 aromatic heterocycles. The Hall–Kier alpha value is -3.69. The molecule has 0 bridgehead atoms. The second kappa shape index (κ2) is 7.14. The minimum Gasteiger partial charge on any atom is -0.459 e. The summed E-state index contributed by atoms with van der Waals surface area (Å²) in [7, 11) is 0. The molecule has 2 aromatic rings. The molecule has 1 aliphatic heterocycles. The maximum atomic E-state index is 12.8. The monoisotopic (exact) mass is 386 g/mol. The number of benzene rings is 1. The standard InChI is InChI=1S/C18H18N4O6/c1-9(2)28-17(24)15-10(3)19-13-8-14(23)20-18(25)21(13)16(15)11-5-4-6-12(7-11)22(26)27/h4-9,16,19H,1-3H3,(H,20,23,25)/t16-/m1/s1. The summed E-state index contributed by atoms with van der Waals surface area (Å²) in [5.74, 6) is -0.496. The van der Waals surface area contributed by atoms with E-state index in [0.717, 1.165) is 0 Å². The highest BCUT2D eigenvalue weighted by Gasteiger charge is 2.35. The van der Waals surface area contributed by atoms with Crippen LogP contribution in [0.5, 0.6) is 0 Å². The lowest BCUT2D eigenvalue weighted by atomic mass is 9.94. The van der Waals surface area contributed by atoms with Gasteiger partial charge in [-0.1, -0.05) is 12.1 Å². The van der Waals surface area contributed by atoms with E-state index >= 15 is 0 Å². The van der Waals surface area contributed by atoms with Crippen LogP contribution in [0.25, 0.3) is 0 Å². The molecule has 2 N–H and O–H groups in total. The van der Waals surface area contributed by atoms with Gasteiger partial charge in [0.1, 0.15) is 5.82 Å². The van der Waals surface area contributed by atoms with Crippen molar-refractivity contribution in [1.29, 1.82) is 0 Å². The number of carbonyl (C=O) groups excluding carboxylic acids is 1. The largest absolute Gasteiger partial charge is 0.459 e. The van der Waals surface area contributed by atoms with Gasteiger partial charge in [-0.3, -0.25) is 24.5 Å². The number of nitrogens with zero attached hydrogens (tertiary/aromatic N) is 2. The van der Waals surface area contributed by atoms with Gasteiger partial charge in [0.15, 0.2) is 0 Å². The summed E-state index contributed by atoms with van der Waals surface area (Å²) in [5.41, 5.74) is -0.718. The predicted octanol–water partition coefficient (Wildman–Crippen LogP) is 1.69. The average molecular weight is 386 g/mol. The number of nitro groups is 1. The van der Waals surface area contributed by atoms with Crippen LogP contribution < -0.4 is 16.6 Å². The first-order valence-electron chi connectivity index (χ1n) is 8.48. The first-order chi connectivity index (χ1) is 13.2. The van der Waals surface area contributed by atoms with Crippen LogP contribution in [-0.2, 0) is 9.53 Å². The van der Waals surface area contributed by atoms with E-state index in [1.807, 2.05) is 0 Å². The summed E-state index contributed by atoms with van der Waals surface area (Å²) in [6.45, 7) is 4.98. The summed E-state index contributed by atoms with van der Waals surface area (Å²) in [5, 5.41) is 14.1. The number of hydrogen-bond donors (Lipinski definition) is 2. The zero-order valence-electron chi connectivity index (χ0n) is 15.4. The number of ether oxygens (including phenoxy) is 1. The summed E-state index contributed by atoms with van der Waals surface area (Å²) >= 11 is 0. The molecule has 2 heterocycles. The smallest absolute Gasteiger partial charge is 0.338 e. The van der Waals surface area contributed by atoms with Crippen molar-refractivity contribution in [3.8, 4) is 0 Å². The Kier molecular flexibility index (Phi) is 4.87. The van der Waals surface area contributed by atoms with Crippen molar-refractivity contribution in [1.82, 2.24) is 9.55 Å². The van der Waals surface area contributed by atoms with E-state index in [2.05, 4.69) is 10.3 Å². The Labute approximate surface area is 158 Å². The highest BCUT2D eigenvalue weighted by molar-refractivity contribution is 5.92. The molecule has 1 aromatic carbocycles. The SMILES string of the molecule is CC1=C(C(=O)OC(C)C)[C@@H](c2cccc([N+](=O)[O-])c2)n2c(cc(=O)[nH]c2=O)N1. The van der Waals surface area contributed by atoms with Gasteiger partial charge in [-0.05, 0) is 26.3 Å². The third kappa shape index (κ3) is 3.43. The predicted molar refractivity (Wildman–Crippen MR) is 100 cm³/mol. The Morgan fingerprint density at radius 3 is 2.64 bits per heavy atom. The van der Waals surface area contributed by atoms with Crippen molar-refractivity contribution in [2.24, 2.45) is 0 Å². The molecule has 0 aliphatic carbocycles. The summed E-state index contributed by atoms with van der Waals surface area (Å²) in [6, 6.07) is 5.80. The number of H-pyrrole nitrogens is 1. The van der Waals surface area contributed by atoms with Crippen LogP contribution in [0.3, 0.4) is 0 Å². The van der Waals surface area contributed by atoms with E-state index in [9.17, 15) is 24.5 Å². The lowest BCUT2D eigenvalue weighted by Crippen LogP contribution is -2.40. The molecule has 1 aliphatic rings. The number of aromatic amines is 1. The second-order valence-electron chi connectivity index (χ2n) is 6.57. The molecule has 1 atom stereocenters. The molecule has 28 heavy (non-hydrogen) atoms. The Bertz CT molecular complexity index is 1110. The number of anilines is 1. The first kappa shape index (κ1) is 19.1. The number of rotatable bonds is 4. The highest BCUT2D eigenvalue weighted by Crippen LogP contribution is 2.36. The number of fused-ring (bicyclic) bond motifs is 1. The molecule has 0 saturated carbocycles. The van der Waals surface area contributed by atoms with E-state index in [0.29, 0.717) is 11.3 Å². The summed E-state index contributed by atoms with van der Waals surface area (Å²) in [6.07, 6.45) is -0.410. The van der Waals surface area contributed by atoms with E-state index in [-0.39, 0.29) is 17.1 Å². The molecule has 10 nitrogen and oxygen atoms in total. The normalized spacial score (nSPS) is 15.8. The van der Waals surface area contributed by atoms with Crippen LogP contribution in [0.2, 0.25) is 0 Å². The highest BCUT2D eigenvalue weighted by atomic mass is 16.6. The van der Waals surface area contributed by atoms with Gasteiger partial charge in [-0.2, -0.15) is 0 Å². The minimum atomic E-state index is -1.01. The van der Waals surface area contributed by atoms with Crippen LogP contribution in [0.1, 0.15) is 32.4 Å². The molecular weight excluding hydrogens is 368 g/mol. The number of aromatic nitrogens is 2. The molecule has 0 radical (unpaired) electrons. The van der Waals surface area contributed by atoms with Crippen molar-refractivity contribution >= 4 is 17.5 Å². The lowest BCUT2D eigenvalue weighted by Gasteiger charge is -2.31. The molecule has 0 spiro atoms. The fourth-order valence-electron chi connectivity index (χ4n) is 3.12. The number of nitro benzene ring substituents is 1. The van der Waals surface area contributed by atoms with Gasteiger partial charge in [0, 0.05) is 23.9 Å². The van der Waals surface area contributed by atoms with Gasteiger partial charge < -0.3 is 10.1 Å². The molecule has 0 unspecified atom stereocenters. The quantitative estimate of drug-likeness (QED) is 0.463. The molecular formula is C18H18N4O6. The van der Waals surface area contributed by atoms with Gasteiger partial charge in [0.2, 0.25) is 0 Å². The molecule has 0 saturated heterocycles. The number of nitrogens with one attached hydrogen (secondary N) is 2. The van der Waals surface area contributed by atoms with E-state index < -0.39 is 34.3 Å². The van der Waals surface area contributed by atoms with E-state index in [1.165, 1.54) is 28.8 Å². The molecule has 3 rings (SSSR count). The molecule has 146 valence electrons. The van der Waals surface area contributed by atoms with Gasteiger partial charge in [0.25, 0.3) is 11.2 Å². The second-order valence-corrected chi connectivity index (χ2v) is 6.57. The molecule has 0 fully saturated rings. The van der Waals surface area contributed by atoms with Crippen molar-refractivity contribution in [2.75, 3.05) is 5.32 Å². The zero-order valence-corrected chi connectivity index (χ0v) is 15.4.